The molecule has 1 aromatic carbocycles. The van der Waals surface area contributed by atoms with Crippen LogP contribution in [0.15, 0.2) is 46.9 Å². The van der Waals surface area contributed by atoms with Crippen LogP contribution in [0, 0.1) is 0 Å². The Morgan fingerprint density at radius 3 is 2.60 bits per heavy atom. The number of hydrogen-bond acceptors (Lipinski definition) is 3. The van der Waals surface area contributed by atoms with Crippen molar-refractivity contribution < 1.29 is 9.21 Å². The summed E-state index contributed by atoms with van der Waals surface area (Å²) in [6.07, 6.45) is 2.50. The number of nitrogens with zero attached hydrogens (tertiary/aromatic N) is 1. The molecule has 0 bridgehead atoms. The summed E-state index contributed by atoms with van der Waals surface area (Å²) < 4.78 is 5.63. The molecule has 1 aromatic heterocycles. The lowest BCUT2D eigenvalue weighted by Gasteiger charge is -2.11. The van der Waals surface area contributed by atoms with Gasteiger partial charge in [-0.2, -0.15) is 0 Å². The molecule has 0 unspecified atom stereocenters. The number of furan rings is 1. The van der Waals surface area contributed by atoms with Crippen molar-refractivity contribution in [2.45, 2.75) is 19.4 Å². The lowest BCUT2D eigenvalue weighted by atomic mass is 10.3. The van der Waals surface area contributed by atoms with Crippen LogP contribution in [-0.2, 0) is 6.54 Å². The highest BCUT2D eigenvalue weighted by molar-refractivity contribution is 6.02. The van der Waals surface area contributed by atoms with Crippen molar-refractivity contribution >= 4 is 11.6 Å². The third-order valence-corrected chi connectivity index (χ3v) is 3.50. The molecule has 2 aromatic rings. The molecule has 1 saturated heterocycles. The van der Waals surface area contributed by atoms with Crippen LogP contribution in [-0.4, -0.2) is 23.9 Å². The number of para-hydroxylation sites is 1. The minimum Gasteiger partial charge on any atom is -0.455 e. The fourth-order valence-electron chi connectivity index (χ4n) is 2.46. The average molecular weight is 270 g/mol. The van der Waals surface area contributed by atoms with Crippen LogP contribution in [0.5, 0.6) is 0 Å². The van der Waals surface area contributed by atoms with E-state index in [0.29, 0.717) is 5.76 Å². The Bertz CT molecular complexity index is 571. The number of likely N-dealkylation sites (tertiary alicyclic amines) is 1. The second kappa shape index (κ2) is 5.92. The van der Waals surface area contributed by atoms with Crippen molar-refractivity contribution in [2.24, 2.45) is 0 Å². The fourth-order valence-corrected chi connectivity index (χ4v) is 2.46. The van der Waals surface area contributed by atoms with E-state index in [9.17, 15) is 4.79 Å². The van der Waals surface area contributed by atoms with Gasteiger partial charge in [-0.1, -0.05) is 18.2 Å². The second-order valence-corrected chi connectivity index (χ2v) is 5.07. The molecule has 1 amide bonds. The third kappa shape index (κ3) is 3.08. The second-order valence-electron chi connectivity index (χ2n) is 5.07. The lowest BCUT2D eigenvalue weighted by molar-refractivity contribution is 0.0993. The van der Waals surface area contributed by atoms with Crippen LogP contribution in [0.2, 0.25) is 0 Å². The number of hydrogen-bond donors (Lipinski definition) is 1. The summed E-state index contributed by atoms with van der Waals surface area (Å²) in [6, 6.07) is 13.0. The molecule has 104 valence electrons. The van der Waals surface area contributed by atoms with Gasteiger partial charge in [-0.15, -0.1) is 0 Å². The van der Waals surface area contributed by atoms with Crippen molar-refractivity contribution in [1.29, 1.82) is 0 Å². The number of nitrogens with one attached hydrogen (secondary N) is 1. The highest BCUT2D eigenvalue weighted by atomic mass is 16.4. The minimum absolute atomic E-state index is 0.205. The van der Waals surface area contributed by atoms with Crippen LogP contribution in [0.25, 0.3) is 0 Å². The van der Waals surface area contributed by atoms with Gasteiger partial charge in [0.15, 0.2) is 5.76 Å². The molecule has 0 aliphatic carbocycles. The topological polar surface area (TPSA) is 45.5 Å². The van der Waals surface area contributed by atoms with Gasteiger partial charge in [-0.05, 0) is 50.2 Å². The maximum Gasteiger partial charge on any atom is 0.291 e. The van der Waals surface area contributed by atoms with Gasteiger partial charge in [-0.25, -0.2) is 0 Å². The van der Waals surface area contributed by atoms with E-state index in [1.165, 1.54) is 12.8 Å². The summed E-state index contributed by atoms with van der Waals surface area (Å²) in [4.78, 5) is 14.4. The number of carbonyl (C=O) groups excluding carboxylic acids is 1. The van der Waals surface area contributed by atoms with E-state index in [1.807, 2.05) is 36.4 Å². The maximum absolute atomic E-state index is 12.0. The molecule has 1 fully saturated rings. The highest BCUT2D eigenvalue weighted by Crippen LogP contribution is 2.16. The van der Waals surface area contributed by atoms with Crippen LogP contribution in [0.3, 0.4) is 0 Å². The molecule has 4 heteroatoms. The van der Waals surface area contributed by atoms with Crippen LogP contribution < -0.4 is 5.32 Å². The summed E-state index contributed by atoms with van der Waals surface area (Å²) in [5, 5.41) is 2.82. The third-order valence-electron chi connectivity index (χ3n) is 3.50. The van der Waals surface area contributed by atoms with Gasteiger partial charge < -0.3 is 9.73 Å². The molecule has 0 atom stereocenters. The molecule has 1 N–H and O–H groups in total. The zero-order valence-corrected chi connectivity index (χ0v) is 11.3. The number of rotatable bonds is 4. The Balaban J connectivity index is 1.62. The lowest BCUT2D eigenvalue weighted by Crippen LogP contribution is -2.18. The van der Waals surface area contributed by atoms with Gasteiger partial charge in [0.2, 0.25) is 0 Å². The van der Waals surface area contributed by atoms with Gasteiger partial charge >= 0.3 is 0 Å². The monoisotopic (exact) mass is 270 g/mol. The first-order valence-electron chi connectivity index (χ1n) is 6.99. The van der Waals surface area contributed by atoms with Crippen LogP contribution in [0.1, 0.15) is 29.2 Å². The summed E-state index contributed by atoms with van der Waals surface area (Å²) in [5.41, 5.74) is 0.773. The predicted molar refractivity (Wildman–Crippen MR) is 77.6 cm³/mol. The molecule has 4 nitrogen and oxygen atoms in total. The fraction of sp³-hybridized carbons (Fsp3) is 0.312. The SMILES string of the molecule is O=C(Nc1ccccc1)c1ccc(CN2CCCC2)o1. The summed E-state index contributed by atoms with van der Waals surface area (Å²) in [5.74, 6) is 1.01. The van der Waals surface area contributed by atoms with Gasteiger partial charge in [-0.3, -0.25) is 9.69 Å². The summed E-state index contributed by atoms with van der Waals surface area (Å²) in [7, 11) is 0. The van der Waals surface area contributed by atoms with E-state index in [2.05, 4.69) is 10.2 Å². The molecule has 0 spiro atoms. The smallest absolute Gasteiger partial charge is 0.291 e. The zero-order valence-electron chi connectivity index (χ0n) is 11.3. The van der Waals surface area contributed by atoms with Gasteiger partial charge in [0.1, 0.15) is 5.76 Å². The van der Waals surface area contributed by atoms with Gasteiger partial charge in [0, 0.05) is 5.69 Å². The minimum atomic E-state index is -0.205. The molecule has 0 radical (unpaired) electrons. The Hall–Kier alpha value is -2.07. The number of anilines is 1. The van der Waals surface area contributed by atoms with Crippen molar-refractivity contribution in [3.05, 3.63) is 54.0 Å². The molecule has 20 heavy (non-hydrogen) atoms. The van der Waals surface area contributed by atoms with E-state index in [4.69, 9.17) is 4.42 Å². The number of amides is 1. The van der Waals surface area contributed by atoms with E-state index in [-0.39, 0.29) is 5.91 Å². The molecule has 1 aliphatic rings. The first kappa shape index (κ1) is 12.9. The Morgan fingerprint density at radius 1 is 1.10 bits per heavy atom. The van der Waals surface area contributed by atoms with Crippen molar-refractivity contribution in [1.82, 2.24) is 4.90 Å². The number of benzene rings is 1. The molecule has 2 heterocycles. The van der Waals surface area contributed by atoms with Crippen LogP contribution in [0.4, 0.5) is 5.69 Å². The quantitative estimate of drug-likeness (QED) is 0.928. The van der Waals surface area contributed by atoms with Crippen molar-refractivity contribution in [3.63, 3.8) is 0 Å². The Labute approximate surface area is 118 Å². The molecular formula is C16H18N2O2. The van der Waals surface area contributed by atoms with E-state index in [0.717, 1.165) is 31.1 Å². The molecule has 1 aliphatic heterocycles. The zero-order chi connectivity index (χ0) is 13.8. The van der Waals surface area contributed by atoms with E-state index >= 15 is 0 Å². The normalized spacial score (nSPS) is 15.4. The van der Waals surface area contributed by atoms with Gasteiger partial charge in [0.05, 0.1) is 6.54 Å². The highest BCUT2D eigenvalue weighted by Gasteiger charge is 2.16. The average Bonchev–Trinajstić information content (AvgIpc) is 3.12. The summed E-state index contributed by atoms with van der Waals surface area (Å²) in [6.45, 7) is 3.02. The van der Waals surface area contributed by atoms with Crippen molar-refractivity contribution in [2.75, 3.05) is 18.4 Å². The first-order chi connectivity index (χ1) is 9.81. The Kier molecular flexibility index (Phi) is 3.83. The number of carbonyl (C=O) groups is 1. The van der Waals surface area contributed by atoms with E-state index < -0.39 is 0 Å². The molecular weight excluding hydrogens is 252 g/mol. The van der Waals surface area contributed by atoms with Crippen LogP contribution >= 0.6 is 0 Å². The van der Waals surface area contributed by atoms with Gasteiger partial charge in [0.25, 0.3) is 5.91 Å². The maximum atomic E-state index is 12.0. The molecule has 0 saturated carbocycles. The Morgan fingerprint density at radius 2 is 1.85 bits per heavy atom. The van der Waals surface area contributed by atoms with Crippen molar-refractivity contribution in [3.8, 4) is 0 Å². The standard InChI is InChI=1S/C16H18N2O2/c19-16(17-13-6-2-1-3-7-13)15-9-8-14(20-15)12-18-10-4-5-11-18/h1-3,6-9H,4-5,10-12H2,(H,17,19). The first-order valence-corrected chi connectivity index (χ1v) is 6.99. The molecule has 3 rings (SSSR count). The van der Waals surface area contributed by atoms with E-state index in [1.54, 1.807) is 6.07 Å². The largest absolute Gasteiger partial charge is 0.455 e. The predicted octanol–water partition coefficient (Wildman–Crippen LogP) is 3.13. The summed E-state index contributed by atoms with van der Waals surface area (Å²) >= 11 is 0.